The molecule has 4 heteroatoms. The molecule has 1 rings (SSSR count). The fraction of sp³-hybridized carbons (Fsp3) is 0.333. The van der Waals surface area contributed by atoms with Gasteiger partial charge in [-0.3, -0.25) is 0 Å². The van der Waals surface area contributed by atoms with Gasteiger partial charge in [-0.25, -0.2) is 0 Å². The van der Waals surface area contributed by atoms with Crippen molar-refractivity contribution >= 4 is 15.9 Å². The summed E-state index contributed by atoms with van der Waals surface area (Å²) < 4.78 is 5.69. The van der Waals surface area contributed by atoms with Crippen LogP contribution in [-0.2, 0) is 0 Å². The topological polar surface area (TPSA) is 49.7 Å². The van der Waals surface area contributed by atoms with Gasteiger partial charge in [0.1, 0.15) is 5.75 Å². The molecule has 1 aromatic carbocycles. The van der Waals surface area contributed by atoms with E-state index in [0.29, 0.717) is 4.47 Å². The van der Waals surface area contributed by atoms with Crippen LogP contribution in [0.25, 0.3) is 0 Å². The highest BCUT2D eigenvalue weighted by Gasteiger charge is 2.09. The molecule has 0 aliphatic heterocycles. The van der Waals surface area contributed by atoms with Crippen LogP contribution in [0.5, 0.6) is 17.2 Å². The van der Waals surface area contributed by atoms with Gasteiger partial charge >= 0.3 is 0 Å². The standard InChI is InChI=1S/C9H11BrO3/c1-5(2)13-8-4-6(11)3-7(10)9(8)12/h3-5,11-12H,1-2H3. The molecule has 0 atom stereocenters. The third kappa shape index (κ3) is 2.52. The van der Waals surface area contributed by atoms with E-state index in [-0.39, 0.29) is 23.4 Å². The van der Waals surface area contributed by atoms with E-state index >= 15 is 0 Å². The Kier molecular flexibility index (Phi) is 3.03. The summed E-state index contributed by atoms with van der Waals surface area (Å²) in [7, 11) is 0. The van der Waals surface area contributed by atoms with Gasteiger partial charge in [0, 0.05) is 6.07 Å². The molecule has 0 heterocycles. The van der Waals surface area contributed by atoms with Crippen molar-refractivity contribution < 1.29 is 14.9 Å². The van der Waals surface area contributed by atoms with Crippen molar-refractivity contribution in [1.82, 2.24) is 0 Å². The molecular weight excluding hydrogens is 236 g/mol. The van der Waals surface area contributed by atoms with Crippen LogP contribution in [0.15, 0.2) is 16.6 Å². The first-order valence-electron chi connectivity index (χ1n) is 3.89. The zero-order valence-corrected chi connectivity index (χ0v) is 9.00. The normalized spacial score (nSPS) is 10.5. The van der Waals surface area contributed by atoms with E-state index in [2.05, 4.69) is 15.9 Å². The second kappa shape index (κ2) is 3.87. The maximum atomic E-state index is 9.49. The van der Waals surface area contributed by atoms with Gasteiger partial charge in [0.05, 0.1) is 10.6 Å². The molecule has 0 saturated heterocycles. The Morgan fingerprint density at radius 2 is 1.92 bits per heavy atom. The number of rotatable bonds is 2. The first kappa shape index (κ1) is 10.2. The first-order chi connectivity index (χ1) is 6.00. The number of phenolic OH excluding ortho intramolecular Hbond substituents is 2. The molecule has 0 fully saturated rings. The summed E-state index contributed by atoms with van der Waals surface area (Å²) >= 11 is 3.10. The average Bonchev–Trinajstić information content (AvgIpc) is 1.98. The Balaban J connectivity index is 3.05. The molecule has 0 amide bonds. The molecular formula is C9H11BrO3. The van der Waals surface area contributed by atoms with Crippen molar-refractivity contribution in [2.24, 2.45) is 0 Å². The highest BCUT2D eigenvalue weighted by atomic mass is 79.9. The van der Waals surface area contributed by atoms with Crippen LogP contribution >= 0.6 is 15.9 Å². The average molecular weight is 247 g/mol. The Hall–Kier alpha value is -0.900. The van der Waals surface area contributed by atoms with Crippen LogP contribution in [0.4, 0.5) is 0 Å². The molecule has 2 N–H and O–H groups in total. The minimum absolute atomic E-state index is 0.00602. The van der Waals surface area contributed by atoms with Crippen LogP contribution in [0.1, 0.15) is 13.8 Å². The van der Waals surface area contributed by atoms with Crippen LogP contribution < -0.4 is 4.74 Å². The van der Waals surface area contributed by atoms with Crippen molar-refractivity contribution in [2.45, 2.75) is 20.0 Å². The van der Waals surface area contributed by atoms with Gasteiger partial charge in [0.2, 0.25) is 0 Å². The van der Waals surface area contributed by atoms with Gasteiger partial charge in [-0.1, -0.05) is 0 Å². The maximum absolute atomic E-state index is 9.49. The van der Waals surface area contributed by atoms with Crippen LogP contribution in [-0.4, -0.2) is 16.3 Å². The summed E-state index contributed by atoms with van der Waals surface area (Å²) in [4.78, 5) is 0. The highest BCUT2D eigenvalue weighted by Crippen LogP contribution is 2.38. The molecule has 0 bridgehead atoms. The van der Waals surface area contributed by atoms with Crippen molar-refractivity contribution in [3.63, 3.8) is 0 Å². The number of aromatic hydroxyl groups is 2. The second-order valence-corrected chi connectivity index (χ2v) is 3.80. The lowest BCUT2D eigenvalue weighted by Gasteiger charge is -2.12. The van der Waals surface area contributed by atoms with Gasteiger partial charge in [-0.15, -0.1) is 0 Å². The number of phenols is 2. The van der Waals surface area contributed by atoms with Crippen molar-refractivity contribution in [1.29, 1.82) is 0 Å². The van der Waals surface area contributed by atoms with E-state index in [1.54, 1.807) is 0 Å². The zero-order valence-electron chi connectivity index (χ0n) is 7.41. The molecule has 13 heavy (non-hydrogen) atoms. The van der Waals surface area contributed by atoms with E-state index in [1.165, 1.54) is 12.1 Å². The monoisotopic (exact) mass is 246 g/mol. The predicted molar refractivity (Wildman–Crippen MR) is 53.2 cm³/mol. The van der Waals surface area contributed by atoms with Crippen molar-refractivity contribution in [3.8, 4) is 17.2 Å². The Morgan fingerprint density at radius 1 is 1.31 bits per heavy atom. The lowest BCUT2D eigenvalue weighted by molar-refractivity contribution is 0.230. The van der Waals surface area contributed by atoms with Gasteiger partial charge in [0.15, 0.2) is 11.5 Å². The fourth-order valence-electron chi connectivity index (χ4n) is 0.904. The van der Waals surface area contributed by atoms with Gasteiger partial charge in [0.25, 0.3) is 0 Å². The molecule has 0 unspecified atom stereocenters. The van der Waals surface area contributed by atoms with E-state index in [4.69, 9.17) is 4.74 Å². The Morgan fingerprint density at radius 3 is 2.46 bits per heavy atom. The van der Waals surface area contributed by atoms with Crippen LogP contribution in [0.2, 0.25) is 0 Å². The van der Waals surface area contributed by atoms with E-state index in [1.807, 2.05) is 13.8 Å². The molecule has 1 aromatic rings. The minimum Gasteiger partial charge on any atom is -0.508 e. The summed E-state index contributed by atoms with van der Waals surface area (Å²) in [6.07, 6.45) is -0.0420. The summed E-state index contributed by atoms with van der Waals surface area (Å²) in [6, 6.07) is 2.78. The molecule has 72 valence electrons. The maximum Gasteiger partial charge on any atom is 0.172 e. The molecule has 0 aromatic heterocycles. The third-order valence-corrected chi connectivity index (χ3v) is 1.98. The lowest BCUT2D eigenvalue weighted by atomic mass is 10.3. The van der Waals surface area contributed by atoms with Crippen molar-refractivity contribution in [3.05, 3.63) is 16.6 Å². The van der Waals surface area contributed by atoms with Gasteiger partial charge in [-0.2, -0.15) is 0 Å². The number of benzene rings is 1. The van der Waals surface area contributed by atoms with E-state index in [9.17, 15) is 10.2 Å². The number of ether oxygens (including phenoxy) is 1. The molecule has 0 aliphatic rings. The van der Waals surface area contributed by atoms with E-state index in [0.717, 1.165) is 0 Å². The number of hydrogen-bond donors (Lipinski definition) is 2. The molecule has 0 saturated carbocycles. The quantitative estimate of drug-likeness (QED) is 0.790. The first-order valence-corrected chi connectivity index (χ1v) is 4.68. The Labute approximate surface area is 85.1 Å². The molecule has 3 nitrogen and oxygen atoms in total. The third-order valence-electron chi connectivity index (χ3n) is 1.38. The van der Waals surface area contributed by atoms with Gasteiger partial charge < -0.3 is 14.9 Å². The zero-order chi connectivity index (χ0) is 10.0. The summed E-state index contributed by atoms with van der Waals surface area (Å²) in [5.41, 5.74) is 0. The smallest absolute Gasteiger partial charge is 0.172 e. The van der Waals surface area contributed by atoms with Crippen LogP contribution in [0.3, 0.4) is 0 Å². The number of hydrogen-bond acceptors (Lipinski definition) is 3. The number of halogens is 1. The largest absolute Gasteiger partial charge is 0.508 e. The SMILES string of the molecule is CC(C)Oc1cc(O)cc(Br)c1O. The lowest BCUT2D eigenvalue weighted by Crippen LogP contribution is -2.05. The summed E-state index contributed by atoms with van der Waals surface area (Å²) in [5.74, 6) is 0.341. The molecule has 0 aliphatic carbocycles. The molecule has 0 spiro atoms. The minimum atomic E-state index is -0.0420. The Bertz CT molecular complexity index is 310. The summed E-state index contributed by atoms with van der Waals surface area (Å²) in [6.45, 7) is 3.69. The van der Waals surface area contributed by atoms with E-state index < -0.39 is 0 Å². The van der Waals surface area contributed by atoms with Crippen LogP contribution in [0, 0.1) is 0 Å². The predicted octanol–water partition coefficient (Wildman–Crippen LogP) is 2.65. The molecule has 0 radical (unpaired) electrons. The second-order valence-electron chi connectivity index (χ2n) is 2.94. The van der Waals surface area contributed by atoms with Gasteiger partial charge in [-0.05, 0) is 35.8 Å². The highest BCUT2D eigenvalue weighted by molar-refractivity contribution is 9.10. The summed E-state index contributed by atoms with van der Waals surface area (Å²) in [5, 5.41) is 18.7. The van der Waals surface area contributed by atoms with Crippen molar-refractivity contribution in [2.75, 3.05) is 0 Å². The fourth-order valence-corrected chi connectivity index (χ4v) is 1.33.